The van der Waals surface area contributed by atoms with Crippen molar-refractivity contribution >= 4 is 17.5 Å². The quantitative estimate of drug-likeness (QED) is 0.881. The van der Waals surface area contributed by atoms with Gasteiger partial charge in [0.15, 0.2) is 0 Å². The van der Waals surface area contributed by atoms with Gasteiger partial charge >= 0.3 is 0 Å². The van der Waals surface area contributed by atoms with Crippen LogP contribution in [0.3, 0.4) is 0 Å². The summed E-state index contributed by atoms with van der Waals surface area (Å²) in [4.78, 5) is 26.0. The fraction of sp³-hybridized carbons (Fsp3) is 0.222. The van der Waals surface area contributed by atoms with Gasteiger partial charge in [-0.25, -0.2) is 0 Å². The summed E-state index contributed by atoms with van der Waals surface area (Å²) >= 11 is 0. The van der Waals surface area contributed by atoms with E-state index in [9.17, 15) is 9.59 Å². The van der Waals surface area contributed by atoms with Crippen molar-refractivity contribution in [2.45, 2.75) is 13.0 Å². The monoisotopic (exact) mass is 308 g/mol. The maximum atomic E-state index is 12.3. The van der Waals surface area contributed by atoms with Crippen LogP contribution in [0.15, 0.2) is 47.1 Å². The summed E-state index contributed by atoms with van der Waals surface area (Å²) < 4.78 is 5.25. The number of likely N-dealkylation sites (tertiary alicyclic amines) is 1. The first-order valence-electron chi connectivity index (χ1n) is 7.33. The summed E-state index contributed by atoms with van der Waals surface area (Å²) in [6.45, 7) is 0.780. The zero-order chi connectivity index (χ0) is 16.2. The Morgan fingerprint density at radius 3 is 3.00 bits per heavy atom. The normalized spacial score (nSPS) is 17.1. The molecule has 0 saturated carbocycles. The number of anilines is 1. The molecule has 3 rings (SSSR count). The van der Waals surface area contributed by atoms with Crippen LogP contribution >= 0.6 is 0 Å². The molecular weight excluding hydrogens is 292 g/mol. The Morgan fingerprint density at radius 1 is 1.39 bits per heavy atom. The molecule has 1 aliphatic heterocycles. The standard InChI is InChI=1S/C18H16N2O3/c1-2-13-5-3-6-15(9-13)19-18(22)14-10-17(21)20(11-14)12-16-7-4-8-23-16/h1,3-9,14H,10-12H2,(H,19,22). The van der Waals surface area contributed by atoms with E-state index in [1.165, 1.54) is 0 Å². The summed E-state index contributed by atoms with van der Waals surface area (Å²) in [7, 11) is 0. The fourth-order valence-corrected chi connectivity index (χ4v) is 2.62. The second kappa shape index (κ2) is 6.41. The van der Waals surface area contributed by atoms with Crippen LogP contribution in [0.25, 0.3) is 0 Å². The van der Waals surface area contributed by atoms with E-state index in [-0.39, 0.29) is 24.2 Å². The first-order valence-corrected chi connectivity index (χ1v) is 7.33. The average molecular weight is 308 g/mol. The first kappa shape index (κ1) is 14.9. The molecule has 5 heteroatoms. The third kappa shape index (κ3) is 3.43. The number of carbonyl (C=O) groups excluding carboxylic acids is 2. The van der Waals surface area contributed by atoms with Crippen LogP contribution in [0, 0.1) is 18.3 Å². The van der Waals surface area contributed by atoms with Crippen molar-refractivity contribution in [2.24, 2.45) is 5.92 Å². The lowest BCUT2D eigenvalue weighted by Crippen LogP contribution is -2.27. The second-order valence-electron chi connectivity index (χ2n) is 5.47. The number of nitrogens with zero attached hydrogens (tertiary/aromatic N) is 1. The number of furan rings is 1. The zero-order valence-corrected chi connectivity index (χ0v) is 12.5. The van der Waals surface area contributed by atoms with Gasteiger partial charge in [-0.05, 0) is 30.3 Å². The SMILES string of the molecule is C#Cc1cccc(NC(=O)C2CC(=O)N(Cc3ccco3)C2)c1. The predicted molar refractivity (Wildman–Crippen MR) is 85.2 cm³/mol. The van der Waals surface area contributed by atoms with Crippen LogP contribution in [-0.2, 0) is 16.1 Å². The number of carbonyl (C=O) groups is 2. The van der Waals surface area contributed by atoms with Gasteiger partial charge in [0, 0.05) is 24.2 Å². The third-order valence-corrected chi connectivity index (χ3v) is 3.81. The van der Waals surface area contributed by atoms with Crippen molar-refractivity contribution in [2.75, 3.05) is 11.9 Å². The van der Waals surface area contributed by atoms with E-state index in [1.807, 2.05) is 6.07 Å². The number of rotatable bonds is 4. The highest BCUT2D eigenvalue weighted by Crippen LogP contribution is 2.22. The molecule has 0 spiro atoms. The van der Waals surface area contributed by atoms with E-state index in [4.69, 9.17) is 10.8 Å². The summed E-state index contributed by atoms with van der Waals surface area (Å²) in [6.07, 6.45) is 7.13. The predicted octanol–water partition coefficient (Wildman–Crippen LogP) is 2.25. The van der Waals surface area contributed by atoms with Gasteiger partial charge < -0.3 is 14.6 Å². The van der Waals surface area contributed by atoms with Crippen LogP contribution in [0.1, 0.15) is 17.7 Å². The largest absolute Gasteiger partial charge is 0.467 e. The molecule has 1 atom stereocenters. The minimum atomic E-state index is -0.369. The lowest BCUT2D eigenvalue weighted by Gasteiger charge is -2.15. The van der Waals surface area contributed by atoms with E-state index in [0.29, 0.717) is 30.1 Å². The molecule has 23 heavy (non-hydrogen) atoms. The van der Waals surface area contributed by atoms with Crippen molar-refractivity contribution in [1.29, 1.82) is 0 Å². The molecule has 1 aromatic carbocycles. The van der Waals surface area contributed by atoms with Crippen molar-refractivity contribution in [3.8, 4) is 12.3 Å². The number of benzene rings is 1. The molecule has 2 heterocycles. The van der Waals surface area contributed by atoms with E-state index in [2.05, 4.69) is 11.2 Å². The molecule has 1 fully saturated rings. The van der Waals surface area contributed by atoms with Crippen molar-refractivity contribution < 1.29 is 14.0 Å². The van der Waals surface area contributed by atoms with E-state index in [1.54, 1.807) is 41.5 Å². The van der Waals surface area contributed by atoms with Gasteiger partial charge in [0.05, 0.1) is 18.7 Å². The molecule has 0 aliphatic carbocycles. The fourth-order valence-electron chi connectivity index (χ4n) is 2.62. The van der Waals surface area contributed by atoms with Crippen molar-refractivity contribution in [1.82, 2.24) is 4.90 Å². The van der Waals surface area contributed by atoms with Gasteiger partial charge in [0.2, 0.25) is 11.8 Å². The summed E-state index contributed by atoms with van der Waals surface area (Å²) in [5, 5.41) is 2.82. The maximum Gasteiger partial charge on any atom is 0.229 e. The van der Waals surface area contributed by atoms with Gasteiger partial charge in [0.1, 0.15) is 5.76 Å². The molecule has 2 amide bonds. The Balaban J connectivity index is 1.62. The topological polar surface area (TPSA) is 62.6 Å². The Hall–Kier alpha value is -3.00. The van der Waals surface area contributed by atoms with E-state index >= 15 is 0 Å². The number of hydrogen-bond donors (Lipinski definition) is 1. The lowest BCUT2D eigenvalue weighted by molar-refractivity contribution is -0.128. The van der Waals surface area contributed by atoms with Crippen LogP contribution in [-0.4, -0.2) is 23.3 Å². The number of terminal acetylenes is 1. The molecule has 0 radical (unpaired) electrons. The zero-order valence-electron chi connectivity index (χ0n) is 12.5. The number of amides is 2. The molecule has 1 unspecified atom stereocenters. The summed E-state index contributed by atoms with van der Waals surface area (Å²) in [5.41, 5.74) is 1.34. The van der Waals surface area contributed by atoms with Crippen LogP contribution < -0.4 is 5.32 Å². The van der Waals surface area contributed by atoms with E-state index < -0.39 is 0 Å². The highest BCUT2D eigenvalue weighted by atomic mass is 16.3. The highest BCUT2D eigenvalue weighted by molar-refractivity contribution is 5.97. The summed E-state index contributed by atoms with van der Waals surface area (Å²) in [6, 6.07) is 10.7. The highest BCUT2D eigenvalue weighted by Gasteiger charge is 2.34. The first-order chi connectivity index (χ1) is 11.2. The van der Waals surface area contributed by atoms with Gasteiger partial charge in [-0.2, -0.15) is 0 Å². The minimum Gasteiger partial charge on any atom is -0.467 e. The molecule has 2 aromatic rings. The molecule has 1 aromatic heterocycles. The Labute approximate surface area is 134 Å². The molecule has 1 saturated heterocycles. The number of hydrogen-bond acceptors (Lipinski definition) is 3. The molecular formula is C18H16N2O3. The Kier molecular flexibility index (Phi) is 4.15. The van der Waals surface area contributed by atoms with Crippen molar-refractivity contribution in [3.63, 3.8) is 0 Å². The molecule has 5 nitrogen and oxygen atoms in total. The minimum absolute atomic E-state index is 0.0427. The third-order valence-electron chi connectivity index (χ3n) is 3.81. The van der Waals surface area contributed by atoms with Crippen LogP contribution in [0.4, 0.5) is 5.69 Å². The smallest absolute Gasteiger partial charge is 0.229 e. The van der Waals surface area contributed by atoms with Crippen LogP contribution in [0.5, 0.6) is 0 Å². The van der Waals surface area contributed by atoms with Crippen LogP contribution in [0.2, 0.25) is 0 Å². The average Bonchev–Trinajstić information content (AvgIpc) is 3.18. The lowest BCUT2D eigenvalue weighted by atomic mass is 10.1. The van der Waals surface area contributed by atoms with Gasteiger partial charge in [-0.15, -0.1) is 6.42 Å². The van der Waals surface area contributed by atoms with E-state index in [0.717, 1.165) is 0 Å². The number of nitrogens with one attached hydrogen (secondary N) is 1. The van der Waals surface area contributed by atoms with Crippen molar-refractivity contribution in [3.05, 3.63) is 54.0 Å². The molecule has 1 aliphatic rings. The molecule has 0 bridgehead atoms. The van der Waals surface area contributed by atoms with Gasteiger partial charge in [0.25, 0.3) is 0 Å². The molecule has 116 valence electrons. The van der Waals surface area contributed by atoms with Gasteiger partial charge in [-0.3, -0.25) is 9.59 Å². The second-order valence-corrected chi connectivity index (χ2v) is 5.47. The maximum absolute atomic E-state index is 12.3. The summed E-state index contributed by atoms with van der Waals surface area (Å²) in [5.74, 6) is 2.65. The molecule has 1 N–H and O–H groups in total. The Morgan fingerprint density at radius 2 is 2.26 bits per heavy atom. The Bertz CT molecular complexity index is 759. The van der Waals surface area contributed by atoms with Gasteiger partial charge in [-0.1, -0.05) is 12.0 Å².